The molecule has 5 heteroatoms. The molecule has 0 aliphatic rings. The standard InChI is InChI=1S/C13H11N3O2/c1-17-9-6-5-8-3-2-4-10(11(8)7-9)12-13(14)16-18-15-12/h2-7H,1H3,(H2,14,16). The Labute approximate surface area is 103 Å². The van der Waals surface area contributed by atoms with Crippen LogP contribution in [0.1, 0.15) is 0 Å². The van der Waals surface area contributed by atoms with E-state index in [1.165, 1.54) is 0 Å². The Balaban J connectivity index is 2.32. The number of nitrogens with zero attached hydrogens (tertiary/aromatic N) is 2. The first-order chi connectivity index (χ1) is 8.79. The summed E-state index contributed by atoms with van der Waals surface area (Å²) < 4.78 is 9.88. The van der Waals surface area contributed by atoms with E-state index in [0.717, 1.165) is 22.1 Å². The second kappa shape index (κ2) is 4.03. The first-order valence-electron chi connectivity index (χ1n) is 5.45. The fourth-order valence-electron chi connectivity index (χ4n) is 1.97. The van der Waals surface area contributed by atoms with Crippen LogP contribution in [0.4, 0.5) is 5.82 Å². The lowest BCUT2D eigenvalue weighted by molar-refractivity contribution is 0.310. The van der Waals surface area contributed by atoms with Gasteiger partial charge in [0.2, 0.25) is 0 Å². The summed E-state index contributed by atoms with van der Waals surface area (Å²) in [6.07, 6.45) is 0. The number of rotatable bonds is 2. The van der Waals surface area contributed by atoms with Crippen molar-refractivity contribution in [3.8, 4) is 17.0 Å². The van der Waals surface area contributed by atoms with E-state index in [9.17, 15) is 0 Å². The molecule has 3 aromatic rings. The van der Waals surface area contributed by atoms with Crippen molar-refractivity contribution in [2.24, 2.45) is 0 Å². The van der Waals surface area contributed by atoms with Gasteiger partial charge in [-0.25, -0.2) is 4.63 Å². The minimum absolute atomic E-state index is 0.283. The lowest BCUT2D eigenvalue weighted by Crippen LogP contribution is -1.90. The fraction of sp³-hybridized carbons (Fsp3) is 0.0769. The molecule has 18 heavy (non-hydrogen) atoms. The molecule has 0 atom stereocenters. The molecule has 0 aliphatic heterocycles. The Hall–Kier alpha value is -2.56. The first kappa shape index (κ1) is 10.6. The first-order valence-corrected chi connectivity index (χ1v) is 5.45. The maximum Gasteiger partial charge on any atom is 0.196 e. The normalized spacial score (nSPS) is 10.7. The molecule has 3 rings (SSSR count). The van der Waals surface area contributed by atoms with Crippen molar-refractivity contribution in [2.75, 3.05) is 12.8 Å². The third-order valence-electron chi connectivity index (χ3n) is 2.86. The van der Waals surface area contributed by atoms with Crippen molar-refractivity contribution in [2.45, 2.75) is 0 Å². The van der Waals surface area contributed by atoms with Crippen molar-refractivity contribution in [3.63, 3.8) is 0 Å². The van der Waals surface area contributed by atoms with Crippen LogP contribution in [0.15, 0.2) is 41.0 Å². The highest BCUT2D eigenvalue weighted by Gasteiger charge is 2.12. The van der Waals surface area contributed by atoms with E-state index in [-0.39, 0.29) is 5.82 Å². The van der Waals surface area contributed by atoms with Gasteiger partial charge in [-0.1, -0.05) is 24.3 Å². The largest absolute Gasteiger partial charge is 0.497 e. The molecule has 1 aromatic heterocycles. The van der Waals surface area contributed by atoms with Crippen LogP contribution in [-0.2, 0) is 0 Å². The third kappa shape index (κ3) is 1.57. The number of methoxy groups -OCH3 is 1. The lowest BCUT2D eigenvalue weighted by atomic mass is 10.0. The Kier molecular flexibility index (Phi) is 2.37. The van der Waals surface area contributed by atoms with Crippen LogP contribution in [0.5, 0.6) is 5.75 Å². The van der Waals surface area contributed by atoms with Crippen molar-refractivity contribution in [1.82, 2.24) is 10.3 Å². The van der Waals surface area contributed by atoms with E-state index in [4.69, 9.17) is 10.5 Å². The van der Waals surface area contributed by atoms with E-state index in [2.05, 4.69) is 14.9 Å². The van der Waals surface area contributed by atoms with Crippen molar-refractivity contribution in [1.29, 1.82) is 0 Å². The molecular weight excluding hydrogens is 230 g/mol. The highest BCUT2D eigenvalue weighted by atomic mass is 16.6. The Morgan fingerprint density at radius 1 is 1.17 bits per heavy atom. The number of nitrogens with two attached hydrogens (primary N) is 1. The van der Waals surface area contributed by atoms with Crippen LogP contribution in [0.25, 0.3) is 22.0 Å². The predicted molar refractivity (Wildman–Crippen MR) is 68.2 cm³/mol. The molecule has 0 radical (unpaired) electrons. The summed E-state index contributed by atoms with van der Waals surface area (Å²) in [5.74, 6) is 1.07. The number of hydrogen-bond donors (Lipinski definition) is 1. The Morgan fingerprint density at radius 2 is 2.06 bits per heavy atom. The molecule has 2 aromatic carbocycles. The fourth-order valence-corrected chi connectivity index (χ4v) is 1.97. The Morgan fingerprint density at radius 3 is 2.78 bits per heavy atom. The highest BCUT2D eigenvalue weighted by Crippen LogP contribution is 2.32. The number of aromatic nitrogens is 2. The summed E-state index contributed by atoms with van der Waals surface area (Å²) in [6, 6.07) is 11.7. The number of fused-ring (bicyclic) bond motifs is 1. The number of ether oxygens (including phenoxy) is 1. The van der Waals surface area contributed by atoms with Crippen molar-refractivity contribution >= 4 is 16.6 Å². The average Bonchev–Trinajstić information content (AvgIpc) is 2.83. The van der Waals surface area contributed by atoms with E-state index in [1.807, 2.05) is 36.4 Å². The molecule has 5 nitrogen and oxygen atoms in total. The number of nitrogen functional groups attached to an aromatic ring is 1. The molecule has 90 valence electrons. The number of anilines is 1. The Bertz CT molecular complexity index is 706. The van der Waals surface area contributed by atoms with Gasteiger partial charge in [0, 0.05) is 5.56 Å². The van der Waals surface area contributed by atoms with Gasteiger partial charge in [-0.15, -0.1) is 0 Å². The second-order valence-corrected chi connectivity index (χ2v) is 3.89. The SMILES string of the molecule is COc1ccc2cccc(-c3nonc3N)c2c1. The van der Waals surface area contributed by atoms with Crippen LogP contribution in [0.3, 0.4) is 0 Å². The molecule has 0 fully saturated rings. The molecule has 0 amide bonds. The lowest BCUT2D eigenvalue weighted by Gasteiger charge is -2.06. The van der Waals surface area contributed by atoms with E-state index in [0.29, 0.717) is 5.69 Å². The van der Waals surface area contributed by atoms with Crippen LogP contribution in [0.2, 0.25) is 0 Å². The van der Waals surface area contributed by atoms with Gasteiger partial charge in [-0.2, -0.15) is 0 Å². The van der Waals surface area contributed by atoms with Gasteiger partial charge in [-0.05, 0) is 33.2 Å². The quantitative estimate of drug-likeness (QED) is 0.746. The second-order valence-electron chi connectivity index (χ2n) is 3.89. The van der Waals surface area contributed by atoms with Gasteiger partial charge in [0.05, 0.1) is 7.11 Å². The number of benzene rings is 2. The van der Waals surface area contributed by atoms with Gasteiger partial charge in [0.25, 0.3) is 0 Å². The molecular formula is C13H11N3O2. The summed E-state index contributed by atoms with van der Waals surface area (Å²) in [7, 11) is 1.63. The van der Waals surface area contributed by atoms with Crippen molar-refractivity contribution < 1.29 is 9.37 Å². The van der Waals surface area contributed by atoms with Gasteiger partial charge < -0.3 is 10.5 Å². The van der Waals surface area contributed by atoms with Gasteiger partial charge >= 0.3 is 0 Å². The zero-order valence-electron chi connectivity index (χ0n) is 9.75. The van der Waals surface area contributed by atoms with Crippen LogP contribution >= 0.6 is 0 Å². The molecule has 0 unspecified atom stereocenters. The summed E-state index contributed by atoms with van der Waals surface area (Å²) >= 11 is 0. The minimum atomic E-state index is 0.283. The predicted octanol–water partition coefficient (Wildman–Crippen LogP) is 2.48. The maximum absolute atomic E-state index is 5.74. The average molecular weight is 241 g/mol. The zero-order valence-corrected chi connectivity index (χ0v) is 9.75. The van der Waals surface area contributed by atoms with Gasteiger partial charge in [0.1, 0.15) is 5.75 Å². The molecule has 0 saturated heterocycles. The summed E-state index contributed by atoms with van der Waals surface area (Å²) in [4.78, 5) is 0. The van der Waals surface area contributed by atoms with Crippen LogP contribution in [-0.4, -0.2) is 17.4 Å². The molecule has 0 spiro atoms. The molecule has 0 aliphatic carbocycles. The van der Waals surface area contributed by atoms with Crippen LogP contribution in [0, 0.1) is 0 Å². The summed E-state index contributed by atoms with van der Waals surface area (Å²) in [5.41, 5.74) is 7.17. The zero-order chi connectivity index (χ0) is 12.5. The van der Waals surface area contributed by atoms with E-state index in [1.54, 1.807) is 7.11 Å². The molecule has 1 heterocycles. The molecule has 0 saturated carbocycles. The maximum atomic E-state index is 5.74. The van der Waals surface area contributed by atoms with Gasteiger partial charge in [-0.3, -0.25) is 0 Å². The number of hydrogen-bond acceptors (Lipinski definition) is 5. The monoisotopic (exact) mass is 241 g/mol. The third-order valence-corrected chi connectivity index (χ3v) is 2.86. The van der Waals surface area contributed by atoms with E-state index >= 15 is 0 Å². The summed E-state index contributed by atoms with van der Waals surface area (Å²) in [6.45, 7) is 0. The molecule has 2 N–H and O–H groups in total. The summed E-state index contributed by atoms with van der Waals surface area (Å²) in [5, 5.41) is 9.52. The topological polar surface area (TPSA) is 74.2 Å². The van der Waals surface area contributed by atoms with E-state index < -0.39 is 0 Å². The smallest absolute Gasteiger partial charge is 0.196 e. The minimum Gasteiger partial charge on any atom is -0.497 e. The van der Waals surface area contributed by atoms with Crippen LogP contribution < -0.4 is 10.5 Å². The van der Waals surface area contributed by atoms with Gasteiger partial charge in [0.15, 0.2) is 11.5 Å². The highest BCUT2D eigenvalue weighted by molar-refractivity contribution is 5.98. The van der Waals surface area contributed by atoms with Crippen molar-refractivity contribution in [3.05, 3.63) is 36.4 Å². The molecule has 0 bridgehead atoms.